The summed E-state index contributed by atoms with van der Waals surface area (Å²) < 4.78 is 30.8. The molecule has 0 radical (unpaired) electrons. The van der Waals surface area contributed by atoms with Crippen molar-refractivity contribution in [1.29, 1.82) is 0 Å². The second-order valence-corrected chi connectivity index (χ2v) is 6.21. The summed E-state index contributed by atoms with van der Waals surface area (Å²) in [6.07, 6.45) is 0.827. The molecule has 0 aromatic carbocycles. The van der Waals surface area contributed by atoms with Crippen molar-refractivity contribution in [2.45, 2.75) is 31.4 Å². The van der Waals surface area contributed by atoms with Crippen molar-refractivity contribution in [3.8, 4) is 0 Å². The lowest BCUT2D eigenvalue weighted by Crippen LogP contribution is -2.42. The van der Waals surface area contributed by atoms with E-state index in [0.717, 1.165) is 0 Å². The van der Waals surface area contributed by atoms with Crippen LogP contribution in [-0.4, -0.2) is 55.4 Å². The largest absolute Gasteiger partial charge is 0.481 e. The van der Waals surface area contributed by atoms with E-state index in [1.807, 2.05) is 0 Å². The van der Waals surface area contributed by atoms with Gasteiger partial charge in [-0.1, -0.05) is 6.92 Å². The van der Waals surface area contributed by atoms with E-state index < -0.39 is 21.2 Å². The van der Waals surface area contributed by atoms with E-state index in [0.29, 0.717) is 32.6 Å². The molecule has 1 N–H and O–H groups in total. The number of carbonyl (C=O) groups is 1. The molecule has 0 amide bonds. The molecule has 1 fully saturated rings. The lowest BCUT2D eigenvalue weighted by atomic mass is 10.2. The van der Waals surface area contributed by atoms with E-state index >= 15 is 0 Å². The smallest absolute Gasteiger partial charge is 0.304 e. The van der Waals surface area contributed by atoms with Gasteiger partial charge in [0.05, 0.1) is 11.7 Å². The Kier molecular flexibility index (Phi) is 5.35. The summed E-state index contributed by atoms with van der Waals surface area (Å²) in [5.41, 5.74) is 0. The van der Waals surface area contributed by atoms with Crippen LogP contribution in [0.3, 0.4) is 0 Å². The summed E-state index contributed by atoms with van der Waals surface area (Å²) in [6.45, 7) is 3.00. The van der Waals surface area contributed by atoms with Crippen LogP contribution < -0.4 is 0 Å². The number of hydrogen-bond acceptors (Lipinski definition) is 4. The molecular weight excluding hydrogens is 246 g/mol. The second kappa shape index (κ2) is 6.32. The van der Waals surface area contributed by atoms with Crippen molar-refractivity contribution in [2.24, 2.45) is 0 Å². The van der Waals surface area contributed by atoms with Crippen molar-refractivity contribution in [1.82, 2.24) is 4.31 Å². The van der Waals surface area contributed by atoms with Crippen molar-refractivity contribution in [3.63, 3.8) is 0 Å². The first kappa shape index (κ1) is 14.4. The minimum Gasteiger partial charge on any atom is -0.481 e. The Bertz CT molecular complexity index is 348. The highest BCUT2D eigenvalue weighted by atomic mass is 32.2. The molecule has 0 aliphatic carbocycles. The minimum atomic E-state index is -3.38. The molecule has 1 aliphatic rings. The molecular formula is C10H19NO5S. The molecule has 0 atom stereocenters. The van der Waals surface area contributed by atoms with E-state index in [1.165, 1.54) is 4.31 Å². The average Bonchev–Trinajstić information content (AvgIpc) is 2.30. The summed E-state index contributed by atoms with van der Waals surface area (Å²) in [5.74, 6) is -0.981. The highest BCUT2D eigenvalue weighted by molar-refractivity contribution is 7.89. The number of sulfonamides is 1. The summed E-state index contributed by atoms with van der Waals surface area (Å²) >= 11 is 0. The number of aliphatic carboxylic acids is 1. The van der Waals surface area contributed by atoms with Gasteiger partial charge in [-0.05, 0) is 12.8 Å². The van der Waals surface area contributed by atoms with Gasteiger partial charge >= 0.3 is 5.97 Å². The molecule has 100 valence electrons. The van der Waals surface area contributed by atoms with Gasteiger partial charge in [0.1, 0.15) is 0 Å². The van der Waals surface area contributed by atoms with Gasteiger partial charge in [0.15, 0.2) is 0 Å². The van der Waals surface area contributed by atoms with Crippen LogP contribution in [-0.2, 0) is 19.6 Å². The zero-order chi connectivity index (χ0) is 12.9. The van der Waals surface area contributed by atoms with E-state index in [4.69, 9.17) is 9.84 Å². The molecule has 0 spiro atoms. The maximum Gasteiger partial charge on any atom is 0.304 e. The van der Waals surface area contributed by atoms with Crippen LogP contribution in [0.15, 0.2) is 0 Å². The molecule has 1 saturated heterocycles. The van der Waals surface area contributed by atoms with Crippen LogP contribution in [0.4, 0.5) is 0 Å². The molecule has 1 heterocycles. The maximum absolute atomic E-state index is 12.2. The molecule has 7 heteroatoms. The number of rotatable bonds is 6. The summed E-state index contributed by atoms with van der Waals surface area (Å²) in [5, 5.41) is 8.17. The lowest BCUT2D eigenvalue weighted by Gasteiger charge is -2.28. The SMILES string of the molecule is CCN(CCC(=O)O)S(=O)(=O)C1CCOCC1. The monoisotopic (exact) mass is 265 g/mol. The molecule has 0 unspecified atom stereocenters. The van der Waals surface area contributed by atoms with Gasteiger partial charge in [0.2, 0.25) is 10.0 Å². The van der Waals surface area contributed by atoms with Crippen LogP contribution in [0.1, 0.15) is 26.2 Å². The van der Waals surface area contributed by atoms with Crippen molar-refractivity contribution < 1.29 is 23.1 Å². The minimum absolute atomic E-state index is 0.0471. The van der Waals surface area contributed by atoms with Gasteiger partial charge in [-0.3, -0.25) is 4.79 Å². The first-order chi connectivity index (χ1) is 7.98. The molecule has 0 aromatic rings. The quantitative estimate of drug-likeness (QED) is 0.746. The fourth-order valence-electron chi connectivity index (χ4n) is 1.87. The van der Waals surface area contributed by atoms with Crippen molar-refractivity contribution in [3.05, 3.63) is 0 Å². The third kappa shape index (κ3) is 3.93. The first-order valence-electron chi connectivity index (χ1n) is 5.77. The van der Waals surface area contributed by atoms with Crippen LogP contribution in [0.2, 0.25) is 0 Å². The third-order valence-corrected chi connectivity index (χ3v) is 5.35. The highest BCUT2D eigenvalue weighted by Gasteiger charge is 2.32. The lowest BCUT2D eigenvalue weighted by molar-refractivity contribution is -0.137. The Balaban J connectivity index is 2.67. The predicted molar refractivity (Wildman–Crippen MR) is 62.3 cm³/mol. The zero-order valence-electron chi connectivity index (χ0n) is 9.96. The number of nitrogens with zero attached hydrogens (tertiary/aromatic N) is 1. The van der Waals surface area contributed by atoms with Crippen LogP contribution >= 0.6 is 0 Å². The van der Waals surface area contributed by atoms with Gasteiger partial charge in [0.25, 0.3) is 0 Å². The number of carboxylic acids is 1. The molecule has 17 heavy (non-hydrogen) atoms. The Morgan fingerprint density at radius 2 is 2.00 bits per heavy atom. The topological polar surface area (TPSA) is 83.9 Å². The maximum atomic E-state index is 12.2. The predicted octanol–water partition coefficient (Wildman–Crippen LogP) is 0.292. The molecule has 1 rings (SSSR count). The number of ether oxygens (including phenoxy) is 1. The summed E-state index contributed by atoms with van der Waals surface area (Å²) in [4.78, 5) is 10.5. The van der Waals surface area contributed by atoms with Crippen LogP contribution in [0.25, 0.3) is 0 Å². The summed E-state index contributed by atoms with van der Waals surface area (Å²) in [7, 11) is -3.38. The normalized spacial score (nSPS) is 18.5. The van der Waals surface area contributed by atoms with Gasteiger partial charge in [-0.15, -0.1) is 0 Å². The Labute approximate surface area is 102 Å². The standard InChI is InChI=1S/C10H19NO5S/c1-2-11(6-3-10(12)13)17(14,15)9-4-7-16-8-5-9/h9H,2-8H2,1H3,(H,12,13). The molecule has 0 bridgehead atoms. The van der Waals surface area contributed by atoms with E-state index in [1.54, 1.807) is 6.92 Å². The van der Waals surface area contributed by atoms with Crippen LogP contribution in [0.5, 0.6) is 0 Å². The second-order valence-electron chi connectivity index (χ2n) is 3.99. The van der Waals surface area contributed by atoms with Crippen LogP contribution in [0, 0.1) is 0 Å². The van der Waals surface area contributed by atoms with Gasteiger partial charge in [0, 0.05) is 26.3 Å². The highest BCUT2D eigenvalue weighted by Crippen LogP contribution is 2.19. The number of hydrogen-bond donors (Lipinski definition) is 1. The summed E-state index contributed by atoms with van der Waals surface area (Å²) in [6, 6.07) is 0. The Morgan fingerprint density at radius 1 is 1.41 bits per heavy atom. The van der Waals surface area contributed by atoms with E-state index in [9.17, 15) is 13.2 Å². The Morgan fingerprint density at radius 3 is 2.47 bits per heavy atom. The average molecular weight is 265 g/mol. The van der Waals surface area contributed by atoms with Crippen molar-refractivity contribution >= 4 is 16.0 Å². The number of carboxylic acid groups (broad SMARTS) is 1. The third-order valence-electron chi connectivity index (χ3n) is 2.88. The molecule has 0 aromatic heterocycles. The van der Waals surface area contributed by atoms with Gasteiger partial charge in [-0.25, -0.2) is 12.7 Å². The molecule has 1 aliphatic heterocycles. The Hall–Kier alpha value is -0.660. The molecule has 0 saturated carbocycles. The fourth-order valence-corrected chi connectivity index (χ4v) is 3.79. The molecule has 6 nitrogen and oxygen atoms in total. The van der Waals surface area contributed by atoms with E-state index in [2.05, 4.69) is 0 Å². The van der Waals surface area contributed by atoms with Gasteiger partial charge < -0.3 is 9.84 Å². The zero-order valence-corrected chi connectivity index (χ0v) is 10.8. The van der Waals surface area contributed by atoms with Gasteiger partial charge in [-0.2, -0.15) is 0 Å². The fraction of sp³-hybridized carbons (Fsp3) is 0.900. The van der Waals surface area contributed by atoms with Crippen molar-refractivity contribution in [2.75, 3.05) is 26.3 Å². The van der Waals surface area contributed by atoms with E-state index in [-0.39, 0.29) is 13.0 Å². The first-order valence-corrected chi connectivity index (χ1v) is 7.27.